The standard InChI is InChI=1S/C23H36ClN3O2.HI/c1-2-25-23(26-14-7-9-19-8-3-4-11-22(19)24)27-15-12-20(13-16-27)29-18-21-10-5-6-17-28-21;/h3-4,8,11,20-21H,2,5-7,9-10,12-18H2,1H3,(H,25,26);1H. The Morgan fingerprint density at radius 3 is 2.73 bits per heavy atom. The Morgan fingerprint density at radius 1 is 1.23 bits per heavy atom. The normalized spacial score (nSPS) is 20.7. The van der Waals surface area contributed by atoms with Crippen molar-refractivity contribution >= 4 is 41.5 Å². The Balaban J connectivity index is 0.00000320. The lowest BCUT2D eigenvalue weighted by molar-refractivity contribution is -0.0721. The average molecular weight is 550 g/mol. The predicted molar refractivity (Wildman–Crippen MR) is 135 cm³/mol. The summed E-state index contributed by atoms with van der Waals surface area (Å²) < 4.78 is 11.9. The van der Waals surface area contributed by atoms with Gasteiger partial charge in [0, 0.05) is 37.8 Å². The van der Waals surface area contributed by atoms with Gasteiger partial charge in [0.1, 0.15) is 0 Å². The monoisotopic (exact) mass is 549 g/mol. The van der Waals surface area contributed by atoms with Gasteiger partial charge in [0.2, 0.25) is 0 Å². The van der Waals surface area contributed by atoms with E-state index in [1.54, 1.807) is 0 Å². The molecule has 7 heteroatoms. The van der Waals surface area contributed by atoms with Crippen molar-refractivity contribution in [3.05, 3.63) is 34.9 Å². The molecule has 0 spiro atoms. The highest BCUT2D eigenvalue weighted by atomic mass is 127. The first-order chi connectivity index (χ1) is 14.3. The highest BCUT2D eigenvalue weighted by Crippen LogP contribution is 2.19. The lowest BCUT2D eigenvalue weighted by atomic mass is 10.1. The molecule has 2 saturated heterocycles. The van der Waals surface area contributed by atoms with Crippen molar-refractivity contribution in [1.29, 1.82) is 0 Å². The van der Waals surface area contributed by atoms with Gasteiger partial charge in [-0.3, -0.25) is 4.99 Å². The number of rotatable bonds is 8. The number of piperidine rings is 1. The number of aliphatic imine (C=N–C) groups is 1. The Labute approximate surface area is 204 Å². The molecule has 2 heterocycles. The number of hydrogen-bond donors (Lipinski definition) is 1. The molecule has 170 valence electrons. The second-order valence-electron chi connectivity index (χ2n) is 7.94. The van der Waals surface area contributed by atoms with Gasteiger partial charge in [0.15, 0.2) is 5.96 Å². The van der Waals surface area contributed by atoms with Crippen LogP contribution in [0.15, 0.2) is 29.3 Å². The van der Waals surface area contributed by atoms with Crippen LogP contribution in [0.3, 0.4) is 0 Å². The number of guanidine groups is 1. The largest absolute Gasteiger partial charge is 0.376 e. The van der Waals surface area contributed by atoms with E-state index in [9.17, 15) is 0 Å². The fourth-order valence-corrected chi connectivity index (χ4v) is 4.23. The summed E-state index contributed by atoms with van der Waals surface area (Å²) >= 11 is 6.25. The van der Waals surface area contributed by atoms with E-state index >= 15 is 0 Å². The van der Waals surface area contributed by atoms with Crippen LogP contribution >= 0.6 is 35.6 Å². The van der Waals surface area contributed by atoms with Gasteiger partial charge in [0.05, 0.1) is 18.8 Å². The summed E-state index contributed by atoms with van der Waals surface area (Å²) in [5.41, 5.74) is 1.20. The molecule has 0 radical (unpaired) electrons. The zero-order chi connectivity index (χ0) is 20.3. The van der Waals surface area contributed by atoms with Crippen LogP contribution in [0.4, 0.5) is 0 Å². The molecule has 1 atom stereocenters. The lowest BCUT2D eigenvalue weighted by Gasteiger charge is -2.35. The van der Waals surface area contributed by atoms with Crippen LogP contribution in [0.2, 0.25) is 5.02 Å². The Bertz CT molecular complexity index is 633. The number of nitrogens with one attached hydrogen (secondary N) is 1. The Hall–Kier alpha value is -0.570. The van der Waals surface area contributed by atoms with Gasteiger partial charge in [-0.15, -0.1) is 24.0 Å². The summed E-state index contributed by atoms with van der Waals surface area (Å²) in [6, 6.07) is 8.07. The maximum Gasteiger partial charge on any atom is 0.193 e. The van der Waals surface area contributed by atoms with E-state index in [2.05, 4.69) is 23.2 Å². The summed E-state index contributed by atoms with van der Waals surface area (Å²) in [5.74, 6) is 1.03. The van der Waals surface area contributed by atoms with Crippen molar-refractivity contribution in [1.82, 2.24) is 10.2 Å². The fraction of sp³-hybridized carbons (Fsp3) is 0.696. The number of halogens is 2. The number of hydrogen-bond acceptors (Lipinski definition) is 3. The minimum Gasteiger partial charge on any atom is -0.376 e. The first kappa shape index (κ1) is 25.7. The van der Waals surface area contributed by atoms with Crippen LogP contribution < -0.4 is 5.32 Å². The molecule has 2 aliphatic rings. The molecule has 1 unspecified atom stereocenters. The zero-order valence-electron chi connectivity index (χ0n) is 18.2. The van der Waals surface area contributed by atoms with Crippen LogP contribution in [-0.4, -0.2) is 62.5 Å². The smallest absolute Gasteiger partial charge is 0.193 e. The molecular formula is C23H37ClIN3O2. The molecule has 0 aliphatic carbocycles. The van der Waals surface area contributed by atoms with Crippen molar-refractivity contribution in [2.45, 2.75) is 64.1 Å². The van der Waals surface area contributed by atoms with Crippen molar-refractivity contribution in [3.63, 3.8) is 0 Å². The average Bonchev–Trinajstić information content (AvgIpc) is 2.77. The third-order valence-electron chi connectivity index (χ3n) is 5.69. The maximum atomic E-state index is 6.25. The summed E-state index contributed by atoms with van der Waals surface area (Å²) in [4.78, 5) is 7.22. The maximum absolute atomic E-state index is 6.25. The van der Waals surface area contributed by atoms with Crippen LogP contribution in [0, 0.1) is 0 Å². The molecule has 0 aromatic heterocycles. The number of likely N-dealkylation sites (tertiary alicyclic amines) is 1. The van der Waals surface area contributed by atoms with E-state index in [0.29, 0.717) is 12.2 Å². The van der Waals surface area contributed by atoms with Gasteiger partial charge in [0.25, 0.3) is 0 Å². The van der Waals surface area contributed by atoms with E-state index in [-0.39, 0.29) is 24.0 Å². The molecule has 1 N–H and O–H groups in total. The Kier molecular flexibility index (Phi) is 12.4. The van der Waals surface area contributed by atoms with E-state index in [1.807, 2.05) is 18.2 Å². The van der Waals surface area contributed by atoms with Crippen LogP contribution in [0.1, 0.15) is 51.0 Å². The molecule has 0 amide bonds. The minimum atomic E-state index is 0. The van der Waals surface area contributed by atoms with E-state index in [0.717, 1.165) is 82.5 Å². The summed E-state index contributed by atoms with van der Waals surface area (Å²) in [6.45, 7) is 7.45. The van der Waals surface area contributed by atoms with Crippen LogP contribution in [0.5, 0.6) is 0 Å². The van der Waals surface area contributed by atoms with E-state index < -0.39 is 0 Å². The summed E-state index contributed by atoms with van der Waals surface area (Å²) in [5, 5.41) is 4.30. The highest BCUT2D eigenvalue weighted by molar-refractivity contribution is 14.0. The number of nitrogens with zero attached hydrogens (tertiary/aromatic N) is 2. The first-order valence-electron chi connectivity index (χ1n) is 11.3. The molecule has 5 nitrogen and oxygen atoms in total. The second-order valence-corrected chi connectivity index (χ2v) is 8.35. The van der Waals surface area contributed by atoms with Gasteiger partial charge >= 0.3 is 0 Å². The van der Waals surface area contributed by atoms with Crippen molar-refractivity contribution < 1.29 is 9.47 Å². The molecule has 3 rings (SSSR count). The first-order valence-corrected chi connectivity index (χ1v) is 11.6. The molecule has 2 fully saturated rings. The van der Waals surface area contributed by atoms with E-state index in [4.69, 9.17) is 26.1 Å². The predicted octanol–water partition coefficient (Wildman–Crippen LogP) is 4.91. The molecular weight excluding hydrogens is 513 g/mol. The number of aryl methyl sites for hydroxylation is 1. The van der Waals surface area contributed by atoms with Crippen molar-refractivity contribution in [3.8, 4) is 0 Å². The summed E-state index contributed by atoms with van der Waals surface area (Å²) in [6.07, 6.45) is 8.32. The van der Waals surface area contributed by atoms with E-state index in [1.165, 1.54) is 18.4 Å². The summed E-state index contributed by atoms with van der Waals surface area (Å²) in [7, 11) is 0. The molecule has 0 saturated carbocycles. The third-order valence-corrected chi connectivity index (χ3v) is 6.06. The molecule has 30 heavy (non-hydrogen) atoms. The highest BCUT2D eigenvalue weighted by Gasteiger charge is 2.23. The second kappa shape index (κ2) is 14.5. The lowest BCUT2D eigenvalue weighted by Crippen LogP contribution is -2.47. The molecule has 1 aromatic rings. The van der Waals surface area contributed by atoms with Gasteiger partial charge in [-0.25, -0.2) is 0 Å². The zero-order valence-corrected chi connectivity index (χ0v) is 21.2. The quantitative estimate of drug-likeness (QED) is 0.217. The SMILES string of the molecule is CCNC(=NCCCc1ccccc1Cl)N1CCC(OCC2CCCCO2)CC1.I. The van der Waals surface area contributed by atoms with Gasteiger partial charge < -0.3 is 19.7 Å². The van der Waals surface area contributed by atoms with Gasteiger partial charge in [-0.05, 0) is 63.5 Å². The number of benzene rings is 1. The number of ether oxygens (including phenoxy) is 2. The van der Waals surface area contributed by atoms with Crippen LogP contribution in [0.25, 0.3) is 0 Å². The minimum absolute atomic E-state index is 0. The fourth-order valence-electron chi connectivity index (χ4n) is 4.00. The van der Waals surface area contributed by atoms with Crippen LogP contribution in [-0.2, 0) is 15.9 Å². The molecule has 2 aliphatic heterocycles. The third kappa shape index (κ3) is 8.52. The Morgan fingerprint density at radius 2 is 2.03 bits per heavy atom. The van der Waals surface area contributed by atoms with Gasteiger partial charge in [-0.1, -0.05) is 29.8 Å². The van der Waals surface area contributed by atoms with Crippen molar-refractivity contribution in [2.75, 3.05) is 39.4 Å². The topological polar surface area (TPSA) is 46.1 Å². The van der Waals surface area contributed by atoms with Gasteiger partial charge in [-0.2, -0.15) is 0 Å². The molecule has 0 bridgehead atoms. The van der Waals surface area contributed by atoms with Crippen molar-refractivity contribution in [2.24, 2.45) is 4.99 Å². The molecule has 1 aromatic carbocycles.